The monoisotopic (exact) mass is 967 g/mol. The van der Waals surface area contributed by atoms with Crippen LogP contribution in [0, 0.1) is 9.49 Å². The van der Waals surface area contributed by atoms with Crippen molar-refractivity contribution >= 4 is 55.9 Å². The summed E-state index contributed by atoms with van der Waals surface area (Å²) in [6.45, 7) is 6.68. The summed E-state index contributed by atoms with van der Waals surface area (Å²) < 4.78 is 48.7. The number of likely N-dealkylation sites (tertiary alicyclic amines) is 1. The largest absolute Gasteiger partial charge is 0.497 e. The van der Waals surface area contributed by atoms with Crippen molar-refractivity contribution in [3.05, 3.63) is 128 Å². The Morgan fingerprint density at radius 1 is 1.00 bits per heavy atom. The fraction of sp³-hybridized carbons (Fsp3) is 0.426. The van der Waals surface area contributed by atoms with Crippen LogP contribution in [0.5, 0.6) is 17.2 Å². The maximum absolute atomic E-state index is 14.4. The maximum atomic E-state index is 14.4. The van der Waals surface area contributed by atoms with Gasteiger partial charge in [-0.15, -0.1) is 0 Å². The summed E-state index contributed by atoms with van der Waals surface area (Å²) >= 11 is 8.80. The van der Waals surface area contributed by atoms with Gasteiger partial charge in [-0.1, -0.05) is 61.0 Å². The normalized spacial score (nSPS) is 20.7. The van der Waals surface area contributed by atoms with E-state index < -0.39 is 27.3 Å². The van der Waals surface area contributed by atoms with E-state index in [2.05, 4.69) is 62.7 Å². The lowest BCUT2D eigenvalue weighted by atomic mass is 9.70. The lowest BCUT2D eigenvalue weighted by molar-refractivity contribution is -0.144. The molecule has 0 aromatic heterocycles. The third-order valence-corrected chi connectivity index (χ3v) is 16.0. The number of nitrogens with zero attached hydrogens (tertiary/aromatic N) is 3. The molecule has 0 radical (unpaired) electrons. The number of sulfonamides is 1. The van der Waals surface area contributed by atoms with Crippen LogP contribution in [0.15, 0.2) is 97.1 Å². The average Bonchev–Trinajstić information content (AvgIpc) is 3.38. The van der Waals surface area contributed by atoms with Crippen molar-refractivity contribution in [1.82, 2.24) is 9.21 Å². The molecule has 0 bridgehead atoms. The van der Waals surface area contributed by atoms with Gasteiger partial charge in [-0.3, -0.25) is 9.69 Å². The van der Waals surface area contributed by atoms with Gasteiger partial charge >= 0.3 is 5.97 Å². The Labute approximate surface area is 373 Å². The van der Waals surface area contributed by atoms with Gasteiger partial charge in [0.15, 0.2) is 0 Å². The van der Waals surface area contributed by atoms with E-state index >= 15 is 0 Å². The van der Waals surface area contributed by atoms with E-state index in [1.807, 2.05) is 67.6 Å². The summed E-state index contributed by atoms with van der Waals surface area (Å²) in [6, 6.07) is 26.5. The SMILES string of the molecule is COc1ccc(CN(Cc2ccc(OC)cc2)S(=O)(=O)[C@H](C)[C@@H](C)C/C=C/C(C(=O)O)N2CC[C@H]2CN2C[C@@]3(CCCc4cc(Cl)ccc43)COc3ccc(I)cc32)cc1. The van der Waals surface area contributed by atoms with Crippen LogP contribution < -0.4 is 19.1 Å². The number of aryl methyl sites for hydroxylation is 1. The Balaban J connectivity index is 1.06. The smallest absolute Gasteiger partial charge is 0.324 e. The number of fused-ring (bicyclic) bond motifs is 3. The zero-order valence-electron chi connectivity index (χ0n) is 34.7. The molecular formula is C47H55ClIN3O7S. The zero-order chi connectivity index (χ0) is 42.6. The van der Waals surface area contributed by atoms with E-state index in [0.29, 0.717) is 37.6 Å². The number of anilines is 1. The van der Waals surface area contributed by atoms with Crippen LogP contribution in [0.1, 0.15) is 61.8 Å². The number of ether oxygens (including phenoxy) is 3. The van der Waals surface area contributed by atoms with Gasteiger partial charge in [-0.25, -0.2) is 8.42 Å². The van der Waals surface area contributed by atoms with Gasteiger partial charge in [0.25, 0.3) is 0 Å². The summed E-state index contributed by atoms with van der Waals surface area (Å²) in [4.78, 5) is 17.4. The first-order valence-corrected chi connectivity index (χ1v) is 23.6. The molecular weight excluding hydrogens is 913 g/mol. The minimum absolute atomic E-state index is 0.00564. The molecule has 5 atom stereocenters. The van der Waals surface area contributed by atoms with Gasteiger partial charge in [0.2, 0.25) is 10.0 Å². The lowest BCUT2D eigenvalue weighted by Gasteiger charge is -2.47. The Morgan fingerprint density at radius 3 is 2.27 bits per heavy atom. The third kappa shape index (κ3) is 9.78. The first kappa shape index (κ1) is 44.2. The Kier molecular flexibility index (Phi) is 14.1. The standard InChI is InChI=1S/C47H55ClIN3O7S/c1-32(33(2)60(55,56)51(27-34-10-16-40(57-3)17-11-34)28-35-12-18-41(58-4)19-13-35)7-5-9-43(46(53)54)52-24-22-39(52)29-50-30-47(31-59-45-21-15-38(49)26-44(45)50)23-6-8-36-25-37(48)14-20-42(36)47/h5,9-21,25-26,32-33,39,43H,6-8,22-24,27-31H2,1-4H3,(H,53,54)/b9-5+/t32-,33+,39-,43?,47-/m0/s1. The second-order valence-electron chi connectivity index (χ2n) is 16.5. The van der Waals surface area contributed by atoms with Gasteiger partial charge in [-0.2, -0.15) is 4.31 Å². The van der Waals surface area contributed by atoms with Gasteiger partial charge in [0.05, 0.1) is 31.8 Å². The predicted octanol–water partition coefficient (Wildman–Crippen LogP) is 8.97. The number of hydrogen-bond donors (Lipinski definition) is 1. The van der Waals surface area contributed by atoms with Crippen LogP contribution in [0.3, 0.4) is 0 Å². The minimum Gasteiger partial charge on any atom is -0.497 e. The summed E-state index contributed by atoms with van der Waals surface area (Å²) in [5.74, 6) is 1.03. The number of aliphatic carboxylic acids is 1. The molecule has 13 heteroatoms. The highest BCUT2D eigenvalue weighted by Gasteiger charge is 2.44. The number of hydrogen-bond acceptors (Lipinski definition) is 8. The van der Waals surface area contributed by atoms with Crippen molar-refractivity contribution in [2.24, 2.45) is 5.92 Å². The molecule has 1 unspecified atom stereocenters. The number of carboxylic acids is 1. The second-order valence-corrected chi connectivity index (χ2v) is 20.5. The maximum Gasteiger partial charge on any atom is 0.324 e. The van der Waals surface area contributed by atoms with E-state index in [1.54, 1.807) is 27.2 Å². The highest BCUT2D eigenvalue weighted by molar-refractivity contribution is 14.1. The van der Waals surface area contributed by atoms with Gasteiger partial charge in [0, 0.05) is 52.8 Å². The molecule has 1 N–H and O–H groups in total. The van der Waals surface area contributed by atoms with Crippen LogP contribution in [0.25, 0.3) is 0 Å². The quantitative estimate of drug-likeness (QED) is 0.0870. The highest BCUT2D eigenvalue weighted by atomic mass is 127. The van der Waals surface area contributed by atoms with Gasteiger partial charge in [-0.05, 0) is 144 Å². The van der Waals surface area contributed by atoms with Crippen LogP contribution in [-0.2, 0) is 39.7 Å². The van der Waals surface area contributed by atoms with Crippen LogP contribution in [-0.4, -0.2) is 86.5 Å². The molecule has 4 aromatic carbocycles. The van der Waals surface area contributed by atoms with Crippen LogP contribution >= 0.6 is 34.2 Å². The van der Waals surface area contributed by atoms with E-state index in [0.717, 1.165) is 63.4 Å². The van der Waals surface area contributed by atoms with E-state index in [9.17, 15) is 18.3 Å². The van der Waals surface area contributed by atoms with Gasteiger partial charge in [0.1, 0.15) is 23.3 Å². The molecule has 10 nitrogen and oxygen atoms in total. The Bertz CT molecular complexity index is 2230. The predicted molar refractivity (Wildman–Crippen MR) is 246 cm³/mol. The van der Waals surface area contributed by atoms with Crippen molar-refractivity contribution < 1.29 is 32.5 Å². The molecule has 4 aromatic rings. The summed E-state index contributed by atoms with van der Waals surface area (Å²) in [7, 11) is -0.608. The molecule has 3 aliphatic rings. The van der Waals surface area contributed by atoms with Gasteiger partial charge < -0.3 is 24.2 Å². The van der Waals surface area contributed by atoms with Crippen molar-refractivity contribution in [3.63, 3.8) is 0 Å². The molecule has 7 rings (SSSR count). The molecule has 0 saturated carbocycles. The third-order valence-electron chi connectivity index (χ3n) is 12.7. The topological polar surface area (TPSA) is 109 Å². The number of carbonyl (C=O) groups is 1. The fourth-order valence-electron chi connectivity index (χ4n) is 8.95. The molecule has 1 saturated heterocycles. The number of carboxylic acid groups (broad SMARTS) is 1. The molecule has 1 fully saturated rings. The molecule has 60 heavy (non-hydrogen) atoms. The number of allylic oxidation sites excluding steroid dienone is 1. The number of halogens is 2. The van der Waals surface area contributed by atoms with Crippen molar-refractivity contribution in [3.8, 4) is 17.2 Å². The average molecular weight is 968 g/mol. The van der Waals surface area contributed by atoms with Crippen LogP contribution in [0.4, 0.5) is 5.69 Å². The number of methoxy groups -OCH3 is 2. The number of rotatable bonds is 16. The first-order valence-electron chi connectivity index (χ1n) is 20.7. The zero-order valence-corrected chi connectivity index (χ0v) is 38.5. The summed E-state index contributed by atoms with van der Waals surface area (Å²) in [6.07, 6.45) is 7.91. The highest BCUT2D eigenvalue weighted by Crippen LogP contribution is 2.45. The van der Waals surface area contributed by atoms with E-state index in [4.69, 9.17) is 25.8 Å². The fourth-order valence-corrected chi connectivity index (χ4v) is 11.4. The van der Waals surface area contributed by atoms with Crippen molar-refractivity contribution in [2.75, 3.05) is 45.4 Å². The second kappa shape index (κ2) is 19.1. The molecule has 0 amide bonds. The first-order chi connectivity index (χ1) is 28.8. The van der Waals surface area contributed by atoms with Crippen molar-refractivity contribution in [2.45, 2.75) is 81.8 Å². The lowest BCUT2D eigenvalue weighted by Crippen LogP contribution is -2.60. The Hall–Kier alpha value is -3.82. The van der Waals surface area contributed by atoms with E-state index in [1.165, 1.54) is 15.4 Å². The number of benzene rings is 4. The molecule has 2 heterocycles. The summed E-state index contributed by atoms with van der Waals surface area (Å²) in [5, 5.41) is 10.6. The van der Waals surface area contributed by atoms with Crippen molar-refractivity contribution in [1.29, 1.82) is 0 Å². The van der Waals surface area contributed by atoms with E-state index in [-0.39, 0.29) is 30.5 Å². The van der Waals surface area contributed by atoms with Crippen LogP contribution in [0.2, 0.25) is 5.02 Å². The molecule has 1 spiro atoms. The summed E-state index contributed by atoms with van der Waals surface area (Å²) in [5.41, 5.74) is 5.06. The molecule has 320 valence electrons. The Morgan fingerprint density at radius 2 is 1.67 bits per heavy atom. The minimum atomic E-state index is -3.81. The molecule has 1 aliphatic carbocycles. The molecule has 2 aliphatic heterocycles.